The Balaban J connectivity index is 2.02. The van der Waals surface area contributed by atoms with Gasteiger partial charge in [-0.1, -0.05) is 26.2 Å². The van der Waals surface area contributed by atoms with E-state index in [2.05, 4.69) is 17.2 Å². The lowest BCUT2D eigenvalue weighted by atomic mass is 9.96. The first-order valence-electron chi connectivity index (χ1n) is 11.2. The highest BCUT2D eigenvalue weighted by molar-refractivity contribution is 6.01. The third-order valence-corrected chi connectivity index (χ3v) is 5.87. The number of ketones is 1. The molecule has 1 saturated heterocycles. The zero-order valence-corrected chi connectivity index (χ0v) is 19.1. The van der Waals surface area contributed by atoms with Gasteiger partial charge in [0.2, 0.25) is 11.8 Å². The van der Waals surface area contributed by atoms with Gasteiger partial charge in [0.15, 0.2) is 5.78 Å². The zero-order valence-electron chi connectivity index (χ0n) is 19.1. The molecular formula is C23H35N3O5. The summed E-state index contributed by atoms with van der Waals surface area (Å²) in [6.45, 7) is 6.83. The molecule has 0 aliphatic carbocycles. The number of likely N-dealkylation sites (tertiary alicyclic amines) is 1. The number of esters is 1. The molecule has 0 radical (unpaired) electrons. The zero-order chi connectivity index (χ0) is 23.0. The lowest BCUT2D eigenvalue weighted by Crippen LogP contribution is -2.46. The summed E-state index contributed by atoms with van der Waals surface area (Å²) in [4.78, 5) is 54.2. The number of aromatic amines is 1. The van der Waals surface area contributed by atoms with Crippen LogP contribution >= 0.6 is 0 Å². The summed E-state index contributed by atoms with van der Waals surface area (Å²) in [5.74, 6) is -1.19. The van der Waals surface area contributed by atoms with E-state index in [1.807, 2.05) is 0 Å². The quantitative estimate of drug-likeness (QED) is 0.335. The van der Waals surface area contributed by atoms with E-state index in [0.29, 0.717) is 36.6 Å². The number of Topliss-reactive ketones (excluding diaryl/α,β-unsaturated/α-hetero) is 1. The molecule has 1 aliphatic rings. The van der Waals surface area contributed by atoms with E-state index in [-0.39, 0.29) is 35.5 Å². The van der Waals surface area contributed by atoms with Crippen molar-refractivity contribution in [2.24, 2.45) is 5.92 Å². The summed E-state index contributed by atoms with van der Waals surface area (Å²) >= 11 is 0. The minimum Gasteiger partial charge on any atom is -0.465 e. The lowest BCUT2D eigenvalue weighted by molar-refractivity contribution is -0.135. The van der Waals surface area contributed by atoms with Gasteiger partial charge in [0.1, 0.15) is 0 Å². The molecule has 1 aliphatic heterocycles. The highest BCUT2D eigenvalue weighted by Gasteiger charge is 2.30. The van der Waals surface area contributed by atoms with E-state index < -0.39 is 5.97 Å². The van der Waals surface area contributed by atoms with Crippen LogP contribution in [0, 0.1) is 12.8 Å². The maximum atomic E-state index is 13.0. The first kappa shape index (κ1) is 24.6. The van der Waals surface area contributed by atoms with E-state index in [1.54, 1.807) is 11.8 Å². The van der Waals surface area contributed by atoms with Crippen LogP contribution in [-0.2, 0) is 20.7 Å². The standard InChI is InChI=1S/C23H35N3O5/c1-5-6-7-8-11-24-22(29)17-10-9-12-26(14-17)19(28)13-18-20(23(30)31-4)15(2)21(25-18)16(3)27/h17,25H,5-14H2,1-4H3,(H,24,29). The monoisotopic (exact) mass is 433 g/mol. The van der Waals surface area contributed by atoms with E-state index in [4.69, 9.17) is 4.74 Å². The molecule has 8 heteroatoms. The Morgan fingerprint density at radius 1 is 1.19 bits per heavy atom. The molecule has 1 atom stereocenters. The number of rotatable bonds is 10. The second kappa shape index (κ2) is 11.7. The van der Waals surface area contributed by atoms with Crippen molar-refractivity contribution in [3.05, 3.63) is 22.5 Å². The topological polar surface area (TPSA) is 109 Å². The number of aromatic nitrogens is 1. The Morgan fingerprint density at radius 3 is 2.58 bits per heavy atom. The maximum absolute atomic E-state index is 13.0. The van der Waals surface area contributed by atoms with Crippen LogP contribution in [0.5, 0.6) is 0 Å². The minimum atomic E-state index is -0.581. The Bertz CT molecular complexity index is 814. The number of nitrogens with one attached hydrogen (secondary N) is 2. The van der Waals surface area contributed by atoms with Crippen molar-refractivity contribution in [2.45, 2.75) is 65.7 Å². The Kier molecular flexibility index (Phi) is 9.27. The predicted octanol–water partition coefficient (Wildman–Crippen LogP) is 2.79. The van der Waals surface area contributed by atoms with Crippen LogP contribution in [0.15, 0.2) is 0 Å². The van der Waals surface area contributed by atoms with Crippen molar-refractivity contribution >= 4 is 23.6 Å². The second-order valence-electron chi connectivity index (χ2n) is 8.23. The van der Waals surface area contributed by atoms with Gasteiger partial charge >= 0.3 is 5.97 Å². The number of carbonyl (C=O) groups excluding carboxylic acids is 4. The van der Waals surface area contributed by atoms with Gasteiger partial charge in [0.25, 0.3) is 0 Å². The molecule has 2 N–H and O–H groups in total. The molecular weight excluding hydrogens is 398 g/mol. The van der Waals surface area contributed by atoms with Crippen molar-refractivity contribution in [2.75, 3.05) is 26.7 Å². The molecule has 8 nitrogen and oxygen atoms in total. The molecule has 1 unspecified atom stereocenters. The lowest BCUT2D eigenvalue weighted by Gasteiger charge is -2.32. The molecule has 2 rings (SSSR count). The number of amides is 2. The van der Waals surface area contributed by atoms with E-state index in [0.717, 1.165) is 32.1 Å². The Hall–Kier alpha value is -2.64. The van der Waals surface area contributed by atoms with Gasteiger partial charge in [-0.15, -0.1) is 0 Å². The van der Waals surface area contributed by atoms with Crippen LogP contribution in [0.3, 0.4) is 0 Å². The van der Waals surface area contributed by atoms with Crippen LogP contribution in [-0.4, -0.2) is 60.2 Å². The Labute approximate surface area is 184 Å². The molecule has 1 aromatic rings. The molecule has 1 aromatic heterocycles. The largest absolute Gasteiger partial charge is 0.465 e. The fraction of sp³-hybridized carbons (Fsp3) is 0.652. The normalized spacial score (nSPS) is 16.1. The maximum Gasteiger partial charge on any atom is 0.339 e. The third-order valence-electron chi connectivity index (χ3n) is 5.87. The SMILES string of the molecule is CCCCCCNC(=O)C1CCCN(C(=O)Cc2[nH]c(C(C)=O)c(C)c2C(=O)OC)C1. The molecule has 0 spiro atoms. The van der Waals surface area contributed by atoms with Gasteiger partial charge in [0.05, 0.1) is 30.7 Å². The van der Waals surface area contributed by atoms with Crippen LogP contribution < -0.4 is 5.32 Å². The van der Waals surface area contributed by atoms with Crippen LogP contribution in [0.1, 0.15) is 84.5 Å². The number of methoxy groups -OCH3 is 1. The van der Waals surface area contributed by atoms with E-state index in [1.165, 1.54) is 20.5 Å². The first-order chi connectivity index (χ1) is 14.8. The molecule has 0 aromatic carbocycles. The third kappa shape index (κ3) is 6.42. The number of carbonyl (C=O) groups is 4. The van der Waals surface area contributed by atoms with Crippen LogP contribution in [0.25, 0.3) is 0 Å². The number of unbranched alkanes of at least 4 members (excludes halogenated alkanes) is 3. The van der Waals surface area contributed by atoms with Gasteiger partial charge in [-0.25, -0.2) is 4.79 Å². The number of ether oxygens (including phenoxy) is 1. The van der Waals surface area contributed by atoms with Gasteiger partial charge in [-0.05, 0) is 31.7 Å². The van der Waals surface area contributed by atoms with Gasteiger partial charge in [0, 0.05) is 32.3 Å². The summed E-state index contributed by atoms with van der Waals surface area (Å²) < 4.78 is 4.84. The molecule has 0 saturated carbocycles. The molecule has 2 amide bonds. The fourth-order valence-corrected chi connectivity index (χ4v) is 4.11. The molecule has 2 heterocycles. The molecule has 31 heavy (non-hydrogen) atoms. The summed E-state index contributed by atoms with van der Waals surface area (Å²) in [5, 5.41) is 2.99. The van der Waals surface area contributed by atoms with Gasteiger partial charge in [-0.2, -0.15) is 0 Å². The average Bonchev–Trinajstić information content (AvgIpc) is 3.08. The predicted molar refractivity (Wildman–Crippen MR) is 117 cm³/mol. The second-order valence-corrected chi connectivity index (χ2v) is 8.23. The number of nitrogens with zero attached hydrogens (tertiary/aromatic N) is 1. The number of hydrogen-bond acceptors (Lipinski definition) is 5. The summed E-state index contributed by atoms with van der Waals surface area (Å²) in [6.07, 6.45) is 5.85. The van der Waals surface area contributed by atoms with Crippen LogP contribution in [0.2, 0.25) is 0 Å². The van der Waals surface area contributed by atoms with Crippen LogP contribution in [0.4, 0.5) is 0 Å². The first-order valence-corrected chi connectivity index (χ1v) is 11.2. The molecule has 1 fully saturated rings. The number of H-pyrrole nitrogens is 1. The average molecular weight is 434 g/mol. The summed E-state index contributed by atoms with van der Waals surface area (Å²) in [5.41, 5.74) is 1.41. The fourth-order valence-electron chi connectivity index (χ4n) is 4.11. The van der Waals surface area contributed by atoms with Crippen molar-refractivity contribution < 1.29 is 23.9 Å². The van der Waals surface area contributed by atoms with Crippen molar-refractivity contribution in [3.63, 3.8) is 0 Å². The van der Waals surface area contributed by atoms with Crippen molar-refractivity contribution in [1.82, 2.24) is 15.2 Å². The summed E-state index contributed by atoms with van der Waals surface area (Å²) in [7, 11) is 1.27. The molecule has 172 valence electrons. The highest BCUT2D eigenvalue weighted by Crippen LogP contribution is 2.23. The van der Waals surface area contributed by atoms with E-state index in [9.17, 15) is 19.2 Å². The van der Waals surface area contributed by atoms with E-state index >= 15 is 0 Å². The Morgan fingerprint density at radius 2 is 1.94 bits per heavy atom. The van der Waals surface area contributed by atoms with Crippen molar-refractivity contribution in [1.29, 1.82) is 0 Å². The summed E-state index contributed by atoms with van der Waals surface area (Å²) in [6, 6.07) is 0. The van der Waals surface area contributed by atoms with Gasteiger partial charge < -0.3 is 19.9 Å². The number of hydrogen-bond donors (Lipinski definition) is 2. The molecule has 0 bridgehead atoms. The minimum absolute atomic E-state index is 0.00108. The van der Waals surface area contributed by atoms with Crippen molar-refractivity contribution in [3.8, 4) is 0 Å². The number of piperidine rings is 1. The van der Waals surface area contributed by atoms with Gasteiger partial charge in [-0.3, -0.25) is 14.4 Å². The smallest absolute Gasteiger partial charge is 0.339 e. The highest BCUT2D eigenvalue weighted by atomic mass is 16.5.